The molecule has 0 fully saturated rings. The molecule has 0 unspecified atom stereocenters. The van der Waals surface area contributed by atoms with E-state index >= 15 is 0 Å². The van der Waals surface area contributed by atoms with Crippen molar-refractivity contribution < 1.29 is 24.3 Å². The van der Waals surface area contributed by atoms with E-state index in [-0.39, 0.29) is 18.2 Å². The lowest BCUT2D eigenvalue weighted by Gasteiger charge is -2.21. The topological polar surface area (TPSA) is 118 Å². The summed E-state index contributed by atoms with van der Waals surface area (Å²) in [5, 5.41) is 15.1. The van der Waals surface area contributed by atoms with Crippen molar-refractivity contribution in [1.29, 1.82) is 0 Å². The summed E-state index contributed by atoms with van der Waals surface area (Å²) in [6, 6.07) is 8.87. The molecule has 0 bridgehead atoms. The van der Waals surface area contributed by atoms with Crippen LogP contribution in [0.25, 0.3) is 10.9 Å². The first-order chi connectivity index (χ1) is 13.8. The first kappa shape index (κ1) is 22.1. The predicted molar refractivity (Wildman–Crippen MR) is 108 cm³/mol. The Hall–Kier alpha value is -3.16. The van der Waals surface area contributed by atoms with E-state index in [4.69, 9.17) is 5.11 Å². The lowest BCUT2D eigenvalue weighted by molar-refractivity contribution is -0.139. The number of nitrogens with zero attached hydrogens (tertiary/aromatic N) is 1. The van der Waals surface area contributed by atoms with E-state index in [1.165, 1.54) is 0 Å². The molecule has 0 radical (unpaired) electrons. The van der Waals surface area contributed by atoms with Crippen LogP contribution >= 0.6 is 0 Å². The molecule has 0 aliphatic carbocycles. The zero-order valence-corrected chi connectivity index (χ0v) is 16.6. The summed E-state index contributed by atoms with van der Waals surface area (Å²) >= 11 is 0. The maximum absolute atomic E-state index is 12.4. The van der Waals surface area contributed by atoms with Crippen molar-refractivity contribution in [2.24, 2.45) is 11.8 Å². The van der Waals surface area contributed by atoms with Crippen LogP contribution in [0, 0.1) is 11.8 Å². The van der Waals surface area contributed by atoms with Crippen LogP contribution in [0.1, 0.15) is 26.7 Å². The summed E-state index contributed by atoms with van der Waals surface area (Å²) in [6.07, 6.45) is 1.83. The highest BCUT2D eigenvalue weighted by atomic mass is 16.4. The molecule has 0 saturated carbocycles. The molecule has 2 aromatic rings. The van der Waals surface area contributed by atoms with Gasteiger partial charge < -0.3 is 25.1 Å². The molecule has 156 valence electrons. The van der Waals surface area contributed by atoms with Gasteiger partial charge >= 0.3 is 5.97 Å². The molecule has 1 aromatic heterocycles. The Kier molecular flexibility index (Phi) is 7.94. The molecular weight excluding hydrogens is 374 g/mol. The maximum Gasteiger partial charge on any atom is 0.305 e. The lowest BCUT2D eigenvalue weighted by atomic mass is 9.91. The Morgan fingerprint density at radius 2 is 1.86 bits per heavy atom. The minimum Gasteiger partial charge on any atom is -0.481 e. The number of fused-ring (bicyclic) bond motifs is 1. The van der Waals surface area contributed by atoms with Crippen LogP contribution in [-0.2, 0) is 25.7 Å². The molecule has 0 spiro atoms. The van der Waals surface area contributed by atoms with Crippen molar-refractivity contribution in [3.63, 3.8) is 0 Å². The Balaban J connectivity index is 1.87. The number of para-hydroxylation sites is 1. The second-order valence-electron chi connectivity index (χ2n) is 7.32. The van der Waals surface area contributed by atoms with Gasteiger partial charge in [0, 0.05) is 37.1 Å². The molecule has 0 aliphatic rings. The number of aliphatic carboxylic acids is 1. The molecular formula is C21H27N3O5. The van der Waals surface area contributed by atoms with E-state index in [1.54, 1.807) is 13.8 Å². The van der Waals surface area contributed by atoms with Gasteiger partial charge in [0.15, 0.2) is 0 Å². The molecule has 1 aromatic carbocycles. The average molecular weight is 401 g/mol. The lowest BCUT2D eigenvalue weighted by Crippen LogP contribution is -2.44. The van der Waals surface area contributed by atoms with Gasteiger partial charge in [-0.25, -0.2) is 0 Å². The highest BCUT2D eigenvalue weighted by Crippen LogP contribution is 2.17. The van der Waals surface area contributed by atoms with Crippen molar-refractivity contribution >= 4 is 35.0 Å². The van der Waals surface area contributed by atoms with Gasteiger partial charge in [-0.1, -0.05) is 32.0 Å². The van der Waals surface area contributed by atoms with Gasteiger partial charge in [-0.3, -0.25) is 14.4 Å². The number of aromatic nitrogens is 1. The number of aldehydes is 1. The van der Waals surface area contributed by atoms with E-state index in [9.17, 15) is 19.2 Å². The monoisotopic (exact) mass is 401 g/mol. The smallest absolute Gasteiger partial charge is 0.305 e. The molecule has 0 aliphatic heterocycles. The van der Waals surface area contributed by atoms with Gasteiger partial charge in [0.05, 0.1) is 12.5 Å². The number of carboxylic acid groups (broad SMARTS) is 1. The van der Waals surface area contributed by atoms with Crippen molar-refractivity contribution in [3.05, 3.63) is 36.5 Å². The van der Waals surface area contributed by atoms with E-state index in [1.807, 2.05) is 41.1 Å². The summed E-state index contributed by atoms with van der Waals surface area (Å²) in [5.41, 5.74) is 1.08. The van der Waals surface area contributed by atoms with Crippen molar-refractivity contribution in [2.75, 3.05) is 6.54 Å². The van der Waals surface area contributed by atoms with Gasteiger partial charge in [0.2, 0.25) is 11.8 Å². The number of carbonyl (C=O) groups is 4. The second kappa shape index (κ2) is 10.4. The molecule has 3 N–H and O–H groups in total. The Bertz CT molecular complexity index is 874. The van der Waals surface area contributed by atoms with E-state index < -0.39 is 30.3 Å². The van der Waals surface area contributed by atoms with Gasteiger partial charge in [0.25, 0.3) is 0 Å². The molecule has 0 saturated heterocycles. The van der Waals surface area contributed by atoms with E-state index in [2.05, 4.69) is 10.6 Å². The number of amides is 2. The molecule has 2 atom stereocenters. The summed E-state index contributed by atoms with van der Waals surface area (Å²) < 4.78 is 2.04. The first-order valence-electron chi connectivity index (χ1n) is 9.59. The highest BCUT2D eigenvalue weighted by Gasteiger charge is 2.27. The third-order valence-corrected chi connectivity index (χ3v) is 4.79. The Morgan fingerprint density at radius 3 is 2.52 bits per heavy atom. The fourth-order valence-corrected chi connectivity index (χ4v) is 3.17. The summed E-state index contributed by atoms with van der Waals surface area (Å²) in [6.45, 7) is 4.62. The maximum atomic E-state index is 12.4. The molecule has 8 heteroatoms. The summed E-state index contributed by atoms with van der Waals surface area (Å²) in [5.74, 6) is -2.75. The van der Waals surface area contributed by atoms with E-state index in [0.717, 1.165) is 10.9 Å². The Labute approximate surface area is 169 Å². The van der Waals surface area contributed by atoms with Gasteiger partial charge in [-0.2, -0.15) is 0 Å². The van der Waals surface area contributed by atoms with Gasteiger partial charge in [-0.15, -0.1) is 0 Å². The number of nitrogens with one attached hydrogen (secondary N) is 2. The highest BCUT2D eigenvalue weighted by molar-refractivity contribution is 5.88. The van der Waals surface area contributed by atoms with Gasteiger partial charge in [-0.05, 0) is 23.4 Å². The summed E-state index contributed by atoms with van der Waals surface area (Å²) in [4.78, 5) is 46.5. The van der Waals surface area contributed by atoms with Gasteiger partial charge in [0.1, 0.15) is 6.29 Å². The number of benzene rings is 1. The molecule has 29 heavy (non-hydrogen) atoms. The molecule has 8 nitrogen and oxygen atoms in total. The third-order valence-electron chi connectivity index (χ3n) is 4.79. The fourth-order valence-electron chi connectivity index (χ4n) is 3.17. The third kappa shape index (κ3) is 6.44. The van der Waals surface area contributed by atoms with Crippen LogP contribution in [0.5, 0.6) is 0 Å². The standard InChI is InChI=1S/C21H27N3O5/c1-14(2)17(21(29)23-16(13-25)11-20(27)28)12-19(26)22-8-10-24-9-7-15-5-3-4-6-18(15)24/h3-7,9,13-14,16-17H,8,10-12H2,1-2H3,(H,22,26)(H,23,29)(H,27,28)/t16-,17-/m0/s1. The van der Waals surface area contributed by atoms with Crippen LogP contribution in [0.2, 0.25) is 0 Å². The Morgan fingerprint density at radius 1 is 1.14 bits per heavy atom. The minimum atomic E-state index is -1.18. The molecule has 1 heterocycles. The fraction of sp³-hybridized carbons (Fsp3) is 0.429. The largest absolute Gasteiger partial charge is 0.481 e. The van der Waals surface area contributed by atoms with Crippen molar-refractivity contribution in [1.82, 2.24) is 15.2 Å². The van der Waals surface area contributed by atoms with Crippen LogP contribution < -0.4 is 10.6 Å². The van der Waals surface area contributed by atoms with Crippen LogP contribution in [0.3, 0.4) is 0 Å². The number of hydrogen-bond donors (Lipinski definition) is 3. The van der Waals surface area contributed by atoms with Crippen molar-refractivity contribution in [3.8, 4) is 0 Å². The van der Waals surface area contributed by atoms with Crippen LogP contribution in [0.15, 0.2) is 36.5 Å². The number of rotatable bonds is 11. The minimum absolute atomic E-state index is 0.0332. The van der Waals surface area contributed by atoms with Crippen molar-refractivity contribution in [2.45, 2.75) is 39.3 Å². The quantitative estimate of drug-likeness (QED) is 0.494. The zero-order valence-electron chi connectivity index (χ0n) is 16.6. The SMILES string of the molecule is CC(C)[C@H](CC(=O)NCCn1ccc2ccccc21)C(=O)N[C@H](C=O)CC(=O)O. The first-order valence-corrected chi connectivity index (χ1v) is 9.59. The zero-order chi connectivity index (χ0) is 21.4. The number of carboxylic acids is 1. The predicted octanol–water partition coefficient (Wildman–Crippen LogP) is 1.58. The van der Waals surface area contributed by atoms with Crippen LogP contribution in [0.4, 0.5) is 0 Å². The average Bonchev–Trinajstić information content (AvgIpc) is 3.08. The number of carbonyl (C=O) groups excluding carboxylic acids is 3. The normalized spacial score (nSPS) is 13.1. The number of hydrogen-bond acceptors (Lipinski definition) is 4. The molecule has 2 rings (SSSR count). The second-order valence-corrected chi connectivity index (χ2v) is 7.32. The van der Waals surface area contributed by atoms with E-state index in [0.29, 0.717) is 19.4 Å². The van der Waals surface area contributed by atoms with Crippen LogP contribution in [-0.4, -0.2) is 46.3 Å². The summed E-state index contributed by atoms with van der Waals surface area (Å²) in [7, 11) is 0. The molecule has 2 amide bonds.